The molecule has 0 atom stereocenters. The highest BCUT2D eigenvalue weighted by molar-refractivity contribution is 6.30. The van der Waals surface area contributed by atoms with Crippen LogP contribution in [0.25, 0.3) is 6.08 Å². The van der Waals surface area contributed by atoms with Crippen molar-refractivity contribution in [3.05, 3.63) is 64.2 Å². The fraction of sp³-hybridized carbons (Fsp3) is 0.105. The fourth-order valence-electron chi connectivity index (χ4n) is 2.18. The van der Waals surface area contributed by atoms with Gasteiger partial charge in [0, 0.05) is 16.3 Å². The Labute approximate surface area is 167 Å². The Hall–Kier alpha value is -3.51. The lowest BCUT2D eigenvalue weighted by molar-refractivity contribution is -0.139. The number of amides is 1. The van der Waals surface area contributed by atoms with E-state index in [4.69, 9.17) is 21.4 Å². The summed E-state index contributed by atoms with van der Waals surface area (Å²) in [4.78, 5) is 23.0. The van der Waals surface area contributed by atoms with E-state index in [2.05, 4.69) is 5.32 Å². The summed E-state index contributed by atoms with van der Waals surface area (Å²) >= 11 is 5.88. The van der Waals surface area contributed by atoms with Crippen molar-refractivity contribution in [3.63, 3.8) is 0 Å². The second-order valence-corrected chi connectivity index (χ2v) is 6.00. The van der Waals surface area contributed by atoms with E-state index >= 15 is 0 Å². The Morgan fingerprint density at radius 2 is 1.97 bits per heavy atom. The van der Waals surface area contributed by atoms with E-state index in [0.29, 0.717) is 0 Å². The predicted octanol–water partition coefficient (Wildman–Crippen LogP) is 4.37. The van der Waals surface area contributed by atoms with Gasteiger partial charge in [0.15, 0.2) is 6.61 Å². The molecular formula is C19H12ClF3N2O4. The van der Waals surface area contributed by atoms with Crippen LogP contribution in [0.5, 0.6) is 5.75 Å². The van der Waals surface area contributed by atoms with Crippen LogP contribution in [0.3, 0.4) is 0 Å². The first-order valence-electron chi connectivity index (χ1n) is 7.84. The molecule has 0 unspecified atom stereocenters. The number of aliphatic carboxylic acids is 1. The number of carbonyl (C=O) groups is 2. The number of anilines is 1. The second kappa shape index (κ2) is 9.12. The lowest BCUT2D eigenvalue weighted by Gasteiger charge is -2.10. The van der Waals surface area contributed by atoms with Crippen molar-refractivity contribution >= 4 is 35.2 Å². The van der Waals surface area contributed by atoms with Gasteiger partial charge in [-0.1, -0.05) is 17.7 Å². The van der Waals surface area contributed by atoms with E-state index in [1.165, 1.54) is 24.3 Å². The van der Waals surface area contributed by atoms with E-state index < -0.39 is 35.8 Å². The van der Waals surface area contributed by atoms with Gasteiger partial charge < -0.3 is 15.2 Å². The smallest absolute Gasteiger partial charge is 0.416 e. The van der Waals surface area contributed by atoms with Crippen molar-refractivity contribution in [2.75, 3.05) is 11.9 Å². The summed E-state index contributed by atoms with van der Waals surface area (Å²) in [5, 5.41) is 20.4. The number of nitrogens with one attached hydrogen (secondary N) is 1. The molecule has 10 heteroatoms. The lowest BCUT2D eigenvalue weighted by Crippen LogP contribution is -2.14. The number of rotatable bonds is 6. The Kier molecular flexibility index (Phi) is 6.85. The Balaban J connectivity index is 2.31. The number of alkyl halides is 3. The number of hydrogen-bond acceptors (Lipinski definition) is 4. The molecule has 29 heavy (non-hydrogen) atoms. The number of carbonyl (C=O) groups excluding carboxylic acids is 1. The molecule has 0 aliphatic carbocycles. The zero-order valence-corrected chi connectivity index (χ0v) is 15.2. The van der Waals surface area contributed by atoms with Crippen LogP contribution in [0.1, 0.15) is 11.1 Å². The first-order chi connectivity index (χ1) is 13.6. The van der Waals surface area contributed by atoms with Crippen LogP contribution in [0, 0.1) is 11.3 Å². The third-order valence-electron chi connectivity index (χ3n) is 3.44. The zero-order chi connectivity index (χ0) is 21.6. The number of carboxylic acid groups (broad SMARTS) is 1. The van der Waals surface area contributed by atoms with Crippen LogP contribution in [-0.4, -0.2) is 23.6 Å². The number of nitriles is 1. The van der Waals surface area contributed by atoms with Gasteiger partial charge >= 0.3 is 12.1 Å². The SMILES string of the molecule is N#C/C(=C\c1cc(Cl)ccc1OCC(=O)O)C(=O)Nc1cccc(C(F)(F)F)c1. The van der Waals surface area contributed by atoms with Crippen LogP contribution in [0.2, 0.25) is 5.02 Å². The molecule has 0 spiro atoms. The van der Waals surface area contributed by atoms with Crippen molar-refractivity contribution in [2.45, 2.75) is 6.18 Å². The molecule has 2 aromatic carbocycles. The third-order valence-corrected chi connectivity index (χ3v) is 3.67. The van der Waals surface area contributed by atoms with Gasteiger partial charge in [-0.05, 0) is 42.5 Å². The minimum absolute atomic E-state index is 0.0522. The molecule has 0 aliphatic heterocycles. The average Bonchev–Trinajstić information content (AvgIpc) is 2.64. The van der Waals surface area contributed by atoms with E-state index in [1.54, 1.807) is 6.07 Å². The van der Waals surface area contributed by atoms with Gasteiger partial charge in [0.25, 0.3) is 5.91 Å². The van der Waals surface area contributed by atoms with Gasteiger partial charge in [0.1, 0.15) is 17.4 Å². The quantitative estimate of drug-likeness (QED) is 0.530. The largest absolute Gasteiger partial charge is 0.481 e. The van der Waals surface area contributed by atoms with E-state index in [-0.39, 0.29) is 22.0 Å². The van der Waals surface area contributed by atoms with Crippen molar-refractivity contribution < 1.29 is 32.6 Å². The summed E-state index contributed by atoms with van der Waals surface area (Å²) in [5.74, 6) is -2.15. The fourth-order valence-corrected chi connectivity index (χ4v) is 2.36. The van der Waals surface area contributed by atoms with Crippen molar-refractivity contribution in [1.82, 2.24) is 0 Å². The molecule has 2 N–H and O–H groups in total. The van der Waals surface area contributed by atoms with Gasteiger partial charge in [-0.15, -0.1) is 0 Å². The molecule has 0 heterocycles. The summed E-state index contributed by atoms with van der Waals surface area (Å²) in [6.45, 7) is -0.666. The summed E-state index contributed by atoms with van der Waals surface area (Å²) in [7, 11) is 0. The molecule has 0 radical (unpaired) electrons. The summed E-state index contributed by atoms with van der Waals surface area (Å²) < 4.78 is 43.4. The standard InChI is InChI=1S/C19H12ClF3N2O4/c20-14-4-5-16(29-10-17(26)27)11(7-14)6-12(9-24)18(28)25-15-3-1-2-13(8-15)19(21,22)23/h1-8H,10H2,(H,25,28)(H,26,27)/b12-6+. The number of carboxylic acids is 1. The maximum absolute atomic E-state index is 12.8. The highest BCUT2D eigenvalue weighted by atomic mass is 35.5. The number of hydrogen-bond donors (Lipinski definition) is 2. The molecule has 0 aliphatic rings. The lowest BCUT2D eigenvalue weighted by atomic mass is 10.1. The predicted molar refractivity (Wildman–Crippen MR) is 98.2 cm³/mol. The van der Waals surface area contributed by atoms with Gasteiger partial charge in [0.05, 0.1) is 5.56 Å². The molecule has 0 aromatic heterocycles. The summed E-state index contributed by atoms with van der Waals surface area (Å²) in [6.07, 6.45) is -3.50. The van der Waals surface area contributed by atoms with Crippen molar-refractivity contribution in [3.8, 4) is 11.8 Å². The highest BCUT2D eigenvalue weighted by Gasteiger charge is 2.30. The van der Waals surface area contributed by atoms with Gasteiger partial charge in [0.2, 0.25) is 0 Å². The second-order valence-electron chi connectivity index (χ2n) is 5.57. The minimum atomic E-state index is -4.59. The third kappa shape index (κ3) is 6.26. The molecule has 150 valence electrons. The first-order valence-corrected chi connectivity index (χ1v) is 8.22. The molecule has 2 rings (SSSR count). The topological polar surface area (TPSA) is 99.4 Å². The minimum Gasteiger partial charge on any atom is -0.481 e. The molecule has 1 amide bonds. The monoisotopic (exact) mass is 424 g/mol. The Morgan fingerprint density at radius 1 is 1.24 bits per heavy atom. The van der Waals surface area contributed by atoms with Crippen LogP contribution >= 0.6 is 11.6 Å². The van der Waals surface area contributed by atoms with Crippen LogP contribution in [0.4, 0.5) is 18.9 Å². The van der Waals surface area contributed by atoms with Gasteiger partial charge in [-0.3, -0.25) is 4.79 Å². The molecule has 0 saturated carbocycles. The first kappa shape index (κ1) is 21.8. The molecule has 0 fully saturated rings. The normalized spacial score (nSPS) is 11.5. The van der Waals surface area contributed by atoms with Crippen LogP contribution in [0.15, 0.2) is 48.0 Å². The number of ether oxygens (including phenoxy) is 1. The molecule has 6 nitrogen and oxygen atoms in total. The molecule has 0 saturated heterocycles. The van der Waals surface area contributed by atoms with E-state index in [1.807, 2.05) is 0 Å². The van der Waals surface area contributed by atoms with Gasteiger partial charge in [-0.2, -0.15) is 18.4 Å². The number of nitrogens with zero attached hydrogens (tertiary/aromatic N) is 1. The molecule has 0 bridgehead atoms. The maximum atomic E-state index is 12.8. The highest BCUT2D eigenvalue weighted by Crippen LogP contribution is 2.31. The van der Waals surface area contributed by atoms with Crippen LogP contribution < -0.4 is 10.1 Å². The van der Waals surface area contributed by atoms with Crippen LogP contribution in [-0.2, 0) is 15.8 Å². The maximum Gasteiger partial charge on any atom is 0.416 e. The molecule has 2 aromatic rings. The van der Waals surface area contributed by atoms with Crippen molar-refractivity contribution in [1.29, 1.82) is 5.26 Å². The Morgan fingerprint density at radius 3 is 2.59 bits per heavy atom. The Bertz CT molecular complexity index is 1010. The van der Waals surface area contributed by atoms with E-state index in [9.17, 15) is 28.0 Å². The average molecular weight is 425 g/mol. The number of benzene rings is 2. The van der Waals surface area contributed by atoms with Gasteiger partial charge in [-0.25, -0.2) is 4.79 Å². The zero-order valence-electron chi connectivity index (χ0n) is 14.5. The van der Waals surface area contributed by atoms with Crippen molar-refractivity contribution in [2.24, 2.45) is 0 Å². The summed E-state index contributed by atoms with van der Waals surface area (Å²) in [5.41, 5.74) is -1.42. The van der Waals surface area contributed by atoms with E-state index in [0.717, 1.165) is 24.3 Å². The molecular weight excluding hydrogens is 413 g/mol. The number of halogens is 4. The summed E-state index contributed by atoms with van der Waals surface area (Å²) in [6, 6.07) is 9.68.